The molecule has 0 amide bonds. The molecule has 0 aromatic carbocycles. The van der Waals surface area contributed by atoms with Gasteiger partial charge in [-0.3, -0.25) is 9.13 Å². The summed E-state index contributed by atoms with van der Waals surface area (Å²) in [6.07, 6.45) is 0. The van der Waals surface area contributed by atoms with E-state index in [9.17, 15) is 9.13 Å². The van der Waals surface area contributed by atoms with Gasteiger partial charge >= 0.3 is 12.9 Å². The quantitative estimate of drug-likeness (QED) is 0.453. The Bertz CT molecular complexity index is 254. The van der Waals surface area contributed by atoms with E-state index in [2.05, 4.69) is 0 Å². The van der Waals surface area contributed by atoms with Gasteiger partial charge in [0, 0.05) is 13.2 Å². The summed E-state index contributed by atoms with van der Waals surface area (Å²) in [6.45, 7) is 7.34. The number of hydrogen-bond donors (Lipinski definition) is 0. The molecule has 0 saturated carbocycles. The minimum atomic E-state index is -3.76. The molecule has 102 valence electrons. The molecule has 0 fully saturated rings. The van der Waals surface area contributed by atoms with E-state index in [0.717, 1.165) is 0 Å². The molecule has 0 bridgehead atoms. The second kappa shape index (κ2) is 8.30. The van der Waals surface area contributed by atoms with Crippen LogP contribution in [0.25, 0.3) is 0 Å². The predicted octanol–water partition coefficient (Wildman–Crippen LogP) is 3.23. The molecule has 0 radical (unpaired) electrons. The SMILES string of the molecule is CCOC(OCC)(P=O)P(=O)(OCC)OCC. The first kappa shape index (κ1) is 17.2. The Balaban J connectivity index is 5.31. The number of hydrogen-bond acceptors (Lipinski definition) is 6. The van der Waals surface area contributed by atoms with Crippen molar-refractivity contribution in [3.63, 3.8) is 0 Å². The Morgan fingerprint density at radius 2 is 1.35 bits per heavy atom. The first-order valence-electron chi connectivity index (χ1n) is 5.57. The normalized spacial score (nSPS) is 13.2. The van der Waals surface area contributed by atoms with Crippen LogP contribution >= 0.6 is 16.1 Å². The van der Waals surface area contributed by atoms with E-state index in [1.165, 1.54) is 0 Å². The fourth-order valence-electron chi connectivity index (χ4n) is 1.22. The van der Waals surface area contributed by atoms with E-state index in [0.29, 0.717) is 0 Å². The van der Waals surface area contributed by atoms with Gasteiger partial charge in [0.25, 0.3) is 0 Å². The van der Waals surface area contributed by atoms with Crippen LogP contribution in [0.15, 0.2) is 0 Å². The molecular formula is C9H20O6P2. The predicted molar refractivity (Wildman–Crippen MR) is 64.4 cm³/mol. The summed E-state index contributed by atoms with van der Waals surface area (Å²) in [5.41, 5.74) is 0. The third-order valence-corrected chi connectivity index (χ3v) is 5.34. The van der Waals surface area contributed by atoms with Gasteiger partial charge in [-0.25, -0.2) is 0 Å². The molecule has 0 unspecified atom stereocenters. The van der Waals surface area contributed by atoms with Crippen molar-refractivity contribution in [2.24, 2.45) is 0 Å². The molecule has 0 spiro atoms. The van der Waals surface area contributed by atoms with Crippen LogP contribution in [0.5, 0.6) is 0 Å². The van der Waals surface area contributed by atoms with Gasteiger partial charge in [-0.05, 0) is 27.7 Å². The molecule has 6 nitrogen and oxygen atoms in total. The van der Waals surface area contributed by atoms with Gasteiger partial charge in [0.2, 0.25) is 8.46 Å². The van der Waals surface area contributed by atoms with Crippen molar-refractivity contribution in [2.75, 3.05) is 26.4 Å². The topological polar surface area (TPSA) is 71.1 Å². The molecule has 0 saturated heterocycles. The lowest BCUT2D eigenvalue weighted by Gasteiger charge is -2.32. The summed E-state index contributed by atoms with van der Waals surface area (Å²) >= 11 is 0. The summed E-state index contributed by atoms with van der Waals surface area (Å²) in [4.78, 5) is 0. The number of ether oxygens (including phenoxy) is 2. The molecule has 0 aromatic heterocycles. The second-order valence-electron chi connectivity index (χ2n) is 2.84. The maximum absolute atomic E-state index is 12.5. The summed E-state index contributed by atoms with van der Waals surface area (Å²) in [5, 5.41) is -1.87. The molecule has 0 heterocycles. The van der Waals surface area contributed by atoms with Crippen molar-refractivity contribution < 1.29 is 27.7 Å². The van der Waals surface area contributed by atoms with Crippen molar-refractivity contribution in [1.82, 2.24) is 0 Å². The van der Waals surface area contributed by atoms with E-state index in [-0.39, 0.29) is 26.4 Å². The van der Waals surface area contributed by atoms with E-state index >= 15 is 0 Å². The lowest BCUT2D eigenvalue weighted by atomic mass is 10.8. The Hall–Kier alpha value is 0.170. The van der Waals surface area contributed by atoms with Crippen molar-refractivity contribution in [2.45, 2.75) is 33.0 Å². The summed E-state index contributed by atoms with van der Waals surface area (Å²) < 4.78 is 44.5. The van der Waals surface area contributed by atoms with Crippen LogP contribution in [0.1, 0.15) is 27.7 Å². The highest BCUT2D eigenvalue weighted by Gasteiger charge is 2.55. The molecule has 0 rings (SSSR count). The first-order valence-corrected chi connectivity index (χ1v) is 7.92. The molecule has 0 aliphatic carbocycles. The number of rotatable bonds is 10. The zero-order valence-electron chi connectivity index (χ0n) is 10.7. The van der Waals surface area contributed by atoms with Crippen LogP contribution in [0.2, 0.25) is 0 Å². The van der Waals surface area contributed by atoms with E-state index in [4.69, 9.17) is 18.5 Å². The molecule has 0 aromatic rings. The van der Waals surface area contributed by atoms with Crippen LogP contribution in [-0.2, 0) is 27.7 Å². The van der Waals surface area contributed by atoms with Gasteiger partial charge in [0.1, 0.15) is 0 Å². The van der Waals surface area contributed by atoms with Crippen molar-refractivity contribution in [1.29, 1.82) is 0 Å². The average Bonchev–Trinajstić information content (AvgIpc) is 2.29. The fraction of sp³-hybridized carbons (Fsp3) is 1.00. The van der Waals surface area contributed by atoms with Crippen molar-refractivity contribution in [3.8, 4) is 0 Å². The van der Waals surface area contributed by atoms with Crippen molar-refractivity contribution >= 4 is 16.1 Å². The first-order chi connectivity index (χ1) is 8.05. The Labute approximate surface area is 104 Å². The zero-order chi connectivity index (χ0) is 13.4. The van der Waals surface area contributed by atoms with Crippen LogP contribution in [0.3, 0.4) is 0 Å². The summed E-state index contributed by atoms with van der Waals surface area (Å²) in [7, 11) is -4.34. The third-order valence-electron chi connectivity index (χ3n) is 1.72. The molecule has 0 aliphatic heterocycles. The zero-order valence-corrected chi connectivity index (χ0v) is 12.5. The van der Waals surface area contributed by atoms with E-state index in [1.807, 2.05) is 0 Å². The highest BCUT2D eigenvalue weighted by Crippen LogP contribution is 2.65. The molecular weight excluding hydrogens is 266 g/mol. The van der Waals surface area contributed by atoms with Crippen LogP contribution in [-0.4, -0.2) is 31.7 Å². The monoisotopic (exact) mass is 286 g/mol. The molecule has 17 heavy (non-hydrogen) atoms. The molecule has 8 heteroatoms. The van der Waals surface area contributed by atoms with Gasteiger partial charge in [0.15, 0.2) is 0 Å². The highest BCUT2D eigenvalue weighted by molar-refractivity contribution is 7.64. The minimum absolute atomic E-state index is 0.148. The maximum Gasteiger partial charge on any atom is 0.402 e. The Kier molecular flexibility index (Phi) is 8.39. The highest BCUT2D eigenvalue weighted by atomic mass is 31.2. The summed E-state index contributed by atoms with van der Waals surface area (Å²) in [6, 6.07) is 0. The minimum Gasteiger partial charge on any atom is -0.331 e. The average molecular weight is 286 g/mol. The molecule has 0 N–H and O–H groups in total. The molecule has 0 aliphatic rings. The Morgan fingerprint density at radius 3 is 1.59 bits per heavy atom. The lowest BCUT2D eigenvalue weighted by Crippen LogP contribution is -2.32. The lowest BCUT2D eigenvalue weighted by molar-refractivity contribution is -0.129. The second-order valence-corrected chi connectivity index (χ2v) is 6.06. The maximum atomic E-state index is 12.5. The van der Waals surface area contributed by atoms with Gasteiger partial charge in [-0.2, -0.15) is 0 Å². The Morgan fingerprint density at radius 1 is 0.941 bits per heavy atom. The van der Waals surface area contributed by atoms with E-state index < -0.39 is 21.3 Å². The molecule has 0 atom stereocenters. The van der Waals surface area contributed by atoms with Crippen molar-refractivity contribution in [3.05, 3.63) is 0 Å². The fourth-order valence-corrected chi connectivity index (χ4v) is 3.98. The smallest absolute Gasteiger partial charge is 0.331 e. The van der Waals surface area contributed by atoms with Gasteiger partial charge < -0.3 is 18.5 Å². The van der Waals surface area contributed by atoms with E-state index in [1.54, 1.807) is 27.7 Å². The van der Waals surface area contributed by atoms with Crippen LogP contribution in [0, 0.1) is 0 Å². The summed E-state index contributed by atoms with van der Waals surface area (Å²) in [5.74, 6) is 0. The van der Waals surface area contributed by atoms with Crippen LogP contribution < -0.4 is 0 Å². The van der Waals surface area contributed by atoms with Gasteiger partial charge in [0.05, 0.1) is 13.2 Å². The standard InChI is InChI=1S/C9H20O6P2/c1-5-12-9(16-10,13-6-2)17(11,14-7-3)15-8-4/h5-8H2,1-4H3. The van der Waals surface area contributed by atoms with Crippen LogP contribution in [0.4, 0.5) is 0 Å². The van der Waals surface area contributed by atoms with Gasteiger partial charge in [-0.15, -0.1) is 0 Å². The van der Waals surface area contributed by atoms with Gasteiger partial charge in [-0.1, -0.05) is 0 Å². The largest absolute Gasteiger partial charge is 0.402 e. The third kappa shape index (κ3) is 4.09.